The summed E-state index contributed by atoms with van der Waals surface area (Å²) in [5.41, 5.74) is -2.01. The zero-order valence-corrected chi connectivity index (χ0v) is 14.1. The summed E-state index contributed by atoms with van der Waals surface area (Å²) >= 11 is 0. The van der Waals surface area contributed by atoms with Crippen LogP contribution in [0, 0.1) is 0 Å². The minimum atomic E-state index is -4.86. The van der Waals surface area contributed by atoms with E-state index in [9.17, 15) is 34.8 Å². The maximum absolute atomic E-state index is 13.0. The monoisotopic (exact) mass is 397 g/mol. The zero-order chi connectivity index (χ0) is 19.8. The molecule has 0 heterocycles. The first-order valence-corrected chi connectivity index (χ1v) is 8.56. The predicted molar refractivity (Wildman–Crippen MR) is 81.5 cm³/mol. The molecule has 0 aliphatic carbocycles. The van der Waals surface area contributed by atoms with Gasteiger partial charge in [0.1, 0.15) is 0 Å². The molecule has 142 valence electrons. The zero-order valence-electron chi connectivity index (χ0n) is 13.3. The maximum Gasteiger partial charge on any atom is 0.417 e. The molecule has 0 aliphatic heterocycles. The van der Waals surface area contributed by atoms with E-state index in [2.05, 4.69) is 0 Å². The van der Waals surface area contributed by atoms with Gasteiger partial charge >= 0.3 is 12.4 Å². The molecule has 0 bridgehead atoms. The standard InChI is InChI=1S/C16H13F6NO2S/c1-23(10-11-6-8-12(9-7-11)15(17,18)19)26(24,25)14-5-3-2-4-13(14)16(20,21)22/h2-9H,10H2,1H3. The molecular weight excluding hydrogens is 384 g/mol. The second-order valence-electron chi connectivity index (χ2n) is 5.45. The van der Waals surface area contributed by atoms with E-state index in [-0.39, 0.29) is 12.1 Å². The van der Waals surface area contributed by atoms with Crippen molar-refractivity contribution < 1.29 is 34.8 Å². The van der Waals surface area contributed by atoms with Crippen LogP contribution in [0.2, 0.25) is 0 Å². The summed E-state index contributed by atoms with van der Waals surface area (Å²) in [5.74, 6) is 0. The van der Waals surface area contributed by atoms with Gasteiger partial charge in [0.15, 0.2) is 0 Å². The Balaban J connectivity index is 2.31. The van der Waals surface area contributed by atoms with E-state index < -0.39 is 38.4 Å². The van der Waals surface area contributed by atoms with Gasteiger partial charge in [-0.25, -0.2) is 8.42 Å². The van der Waals surface area contributed by atoms with Crippen LogP contribution in [0.4, 0.5) is 26.3 Å². The number of alkyl halides is 6. The van der Waals surface area contributed by atoms with Crippen LogP contribution >= 0.6 is 0 Å². The van der Waals surface area contributed by atoms with Crippen molar-refractivity contribution in [3.63, 3.8) is 0 Å². The number of halogens is 6. The number of hydrogen-bond donors (Lipinski definition) is 0. The van der Waals surface area contributed by atoms with Crippen LogP contribution in [-0.2, 0) is 28.9 Å². The van der Waals surface area contributed by atoms with E-state index in [0.29, 0.717) is 10.4 Å². The van der Waals surface area contributed by atoms with E-state index >= 15 is 0 Å². The molecule has 0 aliphatic rings. The van der Waals surface area contributed by atoms with Crippen LogP contribution in [0.1, 0.15) is 16.7 Å². The molecule has 0 aromatic heterocycles. The van der Waals surface area contributed by atoms with Crippen molar-refractivity contribution in [2.75, 3.05) is 7.05 Å². The smallest absolute Gasteiger partial charge is 0.207 e. The van der Waals surface area contributed by atoms with Crippen molar-refractivity contribution in [1.29, 1.82) is 0 Å². The Hall–Kier alpha value is -2.07. The molecule has 0 unspecified atom stereocenters. The lowest BCUT2D eigenvalue weighted by atomic mass is 10.1. The number of rotatable bonds is 4. The number of benzene rings is 2. The van der Waals surface area contributed by atoms with Gasteiger partial charge in [0.25, 0.3) is 0 Å². The first-order valence-electron chi connectivity index (χ1n) is 7.12. The van der Waals surface area contributed by atoms with Gasteiger partial charge in [0, 0.05) is 13.6 Å². The third-order valence-corrected chi connectivity index (χ3v) is 5.43. The second-order valence-corrected chi connectivity index (χ2v) is 7.46. The van der Waals surface area contributed by atoms with E-state index in [1.54, 1.807) is 0 Å². The van der Waals surface area contributed by atoms with Crippen LogP contribution in [0.25, 0.3) is 0 Å². The molecule has 0 saturated carbocycles. The molecule has 0 fully saturated rings. The Bertz CT molecular complexity index is 873. The van der Waals surface area contributed by atoms with Crippen LogP contribution in [0.5, 0.6) is 0 Å². The number of sulfonamides is 1. The summed E-state index contributed by atoms with van der Waals surface area (Å²) in [4.78, 5) is -0.915. The highest BCUT2D eigenvalue weighted by Gasteiger charge is 2.38. The van der Waals surface area contributed by atoms with Gasteiger partial charge in [-0.15, -0.1) is 0 Å². The normalized spacial score (nSPS) is 13.2. The molecule has 2 rings (SSSR count). The van der Waals surface area contributed by atoms with Crippen molar-refractivity contribution >= 4 is 10.0 Å². The van der Waals surface area contributed by atoms with Crippen molar-refractivity contribution in [1.82, 2.24) is 4.31 Å². The molecule has 0 atom stereocenters. The van der Waals surface area contributed by atoms with Crippen LogP contribution in [0.3, 0.4) is 0 Å². The molecule has 0 spiro atoms. The summed E-state index contributed by atoms with van der Waals surface area (Å²) in [6.07, 6.45) is -9.40. The van der Waals surface area contributed by atoms with Crippen molar-refractivity contribution in [3.05, 3.63) is 65.2 Å². The van der Waals surface area contributed by atoms with E-state index in [1.807, 2.05) is 0 Å². The van der Waals surface area contributed by atoms with Crippen LogP contribution < -0.4 is 0 Å². The number of nitrogens with zero attached hydrogens (tertiary/aromatic N) is 1. The second kappa shape index (κ2) is 6.92. The van der Waals surface area contributed by atoms with Gasteiger partial charge in [0.2, 0.25) is 10.0 Å². The Labute approximate surface area is 145 Å². The molecule has 26 heavy (non-hydrogen) atoms. The fourth-order valence-corrected chi connectivity index (χ4v) is 3.60. The summed E-state index contributed by atoms with van der Waals surface area (Å²) in [6.45, 7) is -0.382. The molecule has 0 radical (unpaired) electrons. The van der Waals surface area contributed by atoms with Gasteiger partial charge in [-0.05, 0) is 29.8 Å². The maximum atomic E-state index is 13.0. The highest BCUT2D eigenvalue weighted by atomic mass is 32.2. The van der Waals surface area contributed by atoms with Gasteiger partial charge in [0.05, 0.1) is 16.0 Å². The Morgan fingerprint density at radius 1 is 0.846 bits per heavy atom. The molecule has 3 nitrogen and oxygen atoms in total. The fourth-order valence-electron chi connectivity index (χ4n) is 2.23. The molecule has 0 amide bonds. The quantitative estimate of drug-likeness (QED) is 0.711. The van der Waals surface area contributed by atoms with Crippen LogP contribution in [-0.4, -0.2) is 19.8 Å². The minimum absolute atomic E-state index is 0.202. The van der Waals surface area contributed by atoms with E-state index in [4.69, 9.17) is 0 Å². The Kier molecular flexibility index (Phi) is 5.39. The van der Waals surface area contributed by atoms with Crippen molar-refractivity contribution in [3.8, 4) is 0 Å². The first kappa shape index (κ1) is 20.2. The lowest BCUT2D eigenvalue weighted by Gasteiger charge is -2.20. The number of hydrogen-bond acceptors (Lipinski definition) is 2. The van der Waals surface area contributed by atoms with Crippen LogP contribution in [0.15, 0.2) is 53.4 Å². The molecule has 0 saturated heterocycles. The minimum Gasteiger partial charge on any atom is -0.207 e. The van der Waals surface area contributed by atoms with Gasteiger partial charge < -0.3 is 0 Å². The third-order valence-electron chi connectivity index (χ3n) is 3.57. The highest BCUT2D eigenvalue weighted by molar-refractivity contribution is 7.89. The van der Waals surface area contributed by atoms with E-state index in [1.165, 1.54) is 0 Å². The SMILES string of the molecule is CN(Cc1ccc(C(F)(F)F)cc1)S(=O)(=O)c1ccccc1C(F)(F)F. The fraction of sp³-hybridized carbons (Fsp3) is 0.250. The van der Waals surface area contributed by atoms with Gasteiger partial charge in [-0.3, -0.25) is 0 Å². The first-order chi connectivity index (χ1) is 11.8. The van der Waals surface area contributed by atoms with Gasteiger partial charge in [-0.1, -0.05) is 24.3 Å². The highest BCUT2D eigenvalue weighted by Crippen LogP contribution is 2.35. The van der Waals surface area contributed by atoms with E-state index in [0.717, 1.165) is 49.5 Å². The molecular formula is C16H13F6NO2S. The third kappa shape index (κ3) is 4.36. The topological polar surface area (TPSA) is 37.4 Å². The Morgan fingerprint density at radius 3 is 1.88 bits per heavy atom. The lowest BCUT2D eigenvalue weighted by molar-refractivity contribution is -0.140. The summed E-state index contributed by atoms with van der Waals surface area (Å²) in [7, 11) is -3.44. The molecule has 0 N–H and O–H groups in total. The molecule has 2 aromatic rings. The summed E-state index contributed by atoms with van der Waals surface area (Å²) in [5, 5.41) is 0. The van der Waals surface area contributed by atoms with Gasteiger partial charge in [-0.2, -0.15) is 30.6 Å². The van der Waals surface area contributed by atoms with Crippen molar-refractivity contribution in [2.45, 2.75) is 23.8 Å². The summed E-state index contributed by atoms with van der Waals surface area (Å²) in [6, 6.07) is 7.42. The summed E-state index contributed by atoms with van der Waals surface area (Å²) < 4.78 is 102. The Morgan fingerprint density at radius 2 is 1.38 bits per heavy atom. The molecule has 10 heteroatoms. The largest absolute Gasteiger partial charge is 0.417 e. The average Bonchev–Trinajstić information content (AvgIpc) is 2.53. The average molecular weight is 397 g/mol. The molecule has 2 aromatic carbocycles. The lowest BCUT2D eigenvalue weighted by Crippen LogP contribution is -2.28. The predicted octanol–water partition coefficient (Wildman–Crippen LogP) is 4.54. The van der Waals surface area contributed by atoms with Crippen molar-refractivity contribution in [2.24, 2.45) is 0 Å².